The lowest BCUT2D eigenvalue weighted by atomic mass is 9.77. The van der Waals surface area contributed by atoms with E-state index in [4.69, 9.17) is 0 Å². The van der Waals surface area contributed by atoms with Gasteiger partial charge in [-0.25, -0.2) is 0 Å². The Bertz CT molecular complexity index is 587. The molecule has 2 N–H and O–H groups in total. The van der Waals surface area contributed by atoms with Crippen molar-refractivity contribution in [2.45, 2.75) is 36.6 Å². The molecule has 1 heterocycles. The fourth-order valence-electron chi connectivity index (χ4n) is 2.60. The fraction of sp³-hybridized carbons (Fsp3) is 0.538. The van der Waals surface area contributed by atoms with Gasteiger partial charge in [0.25, 0.3) is 0 Å². The van der Waals surface area contributed by atoms with Gasteiger partial charge in [0.05, 0.1) is 11.1 Å². The average molecular weight is 367 g/mol. The second kappa shape index (κ2) is 5.51. The average Bonchev–Trinajstić information content (AvgIpc) is 2.79. The second-order valence-electron chi connectivity index (χ2n) is 5.48. The third-order valence-electron chi connectivity index (χ3n) is 3.86. The fourth-order valence-corrected chi connectivity index (χ4v) is 2.60. The molecule has 2 atom stereocenters. The lowest BCUT2D eigenvalue weighted by Crippen LogP contribution is -2.44. The van der Waals surface area contributed by atoms with Crippen LogP contribution in [0.15, 0.2) is 18.2 Å². The lowest BCUT2D eigenvalue weighted by Gasteiger charge is -2.32. The van der Waals surface area contributed by atoms with Crippen LogP contribution >= 0.6 is 0 Å². The van der Waals surface area contributed by atoms with E-state index >= 15 is 0 Å². The summed E-state index contributed by atoms with van der Waals surface area (Å²) in [5, 5.41) is 11.3. The molecule has 24 heavy (non-hydrogen) atoms. The molecule has 2 unspecified atom stereocenters. The minimum Gasteiger partial charge on any atom is -0.379 e. The van der Waals surface area contributed by atoms with E-state index < -0.39 is 59.8 Å². The maximum absolute atomic E-state index is 13.4. The zero-order valence-corrected chi connectivity index (χ0v) is 11.6. The Hall–Kier alpha value is -1.49. The van der Waals surface area contributed by atoms with Crippen LogP contribution in [0.25, 0.3) is 0 Å². The van der Waals surface area contributed by atoms with Gasteiger partial charge in [0.2, 0.25) is 0 Å². The van der Waals surface area contributed by atoms with E-state index in [9.17, 15) is 44.6 Å². The van der Waals surface area contributed by atoms with Gasteiger partial charge >= 0.3 is 18.5 Å². The molecule has 1 aromatic carbocycles. The molecule has 0 aromatic heterocycles. The molecule has 2 nitrogen and oxygen atoms in total. The standard InChI is InChI=1S/C13H10F9NO/c14-11(15,16)7-1-6(2-8(3-7)12(17,18)19)10(13(20,21)22)4-9(24)23-5-10/h1-3,9,23-24H,4-5H2. The number of halogens is 9. The molecule has 1 aliphatic rings. The van der Waals surface area contributed by atoms with Gasteiger partial charge in [0, 0.05) is 13.0 Å². The summed E-state index contributed by atoms with van der Waals surface area (Å²) in [5.41, 5.74) is -7.91. The molecule has 0 spiro atoms. The Balaban J connectivity index is 2.72. The number of aliphatic hydroxyl groups excluding tert-OH is 1. The van der Waals surface area contributed by atoms with E-state index in [2.05, 4.69) is 0 Å². The van der Waals surface area contributed by atoms with Gasteiger partial charge in [-0.15, -0.1) is 0 Å². The van der Waals surface area contributed by atoms with E-state index in [1.807, 2.05) is 5.32 Å². The summed E-state index contributed by atoms with van der Waals surface area (Å²) in [7, 11) is 0. The van der Waals surface area contributed by atoms with E-state index in [0.29, 0.717) is 0 Å². The predicted molar refractivity (Wildman–Crippen MR) is 62.8 cm³/mol. The third kappa shape index (κ3) is 3.32. The van der Waals surface area contributed by atoms with Gasteiger partial charge in [0.1, 0.15) is 11.6 Å². The molecule has 1 saturated heterocycles. The number of aliphatic hydroxyl groups is 1. The number of rotatable bonds is 1. The highest BCUT2D eigenvalue weighted by Gasteiger charge is 2.60. The topological polar surface area (TPSA) is 32.3 Å². The lowest BCUT2D eigenvalue weighted by molar-refractivity contribution is -0.187. The minimum absolute atomic E-state index is 0.0441. The molecule has 136 valence electrons. The van der Waals surface area contributed by atoms with Crippen LogP contribution in [0.4, 0.5) is 39.5 Å². The number of alkyl halides is 9. The Morgan fingerprint density at radius 1 is 0.875 bits per heavy atom. The van der Waals surface area contributed by atoms with Crippen LogP contribution in [0, 0.1) is 0 Å². The van der Waals surface area contributed by atoms with Gasteiger partial charge < -0.3 is 5.11 Å². The third-order valence-corrected chi connectivity index (χ3v) is 3.86. The minimum atomic E-state index is -5.26. The van der Waals surface area contributed by atoms with Gasteiger partial charge in [-0.1, -0.05) is 0 Å². The van der Waals surface area contributed by atoms with Crippen molar-refractivity contribution in [3.8, 4) is 0 Å². The summed E-state index contributed by atoms with van der Waals surface area (Å²) in [6.45, 7) is -1.03. The smallest absolute Gasteiger partial charge is 0.379 e. The van der Waals surface area contributed by atoms with Crippen molar-refractivity contribution < 1.29 is 44.6 Å². The van der Waals surface area contributed by atoms with Crippen LogP contribution in [0.2, 0.25) is 0 Å². The van der Waals surface area contributed by atoms with Crippen LogP contribution in [0.5, 0.6) is 0 Å². The van der Waals surface area contributed by atoms with Crippen molar-refractivity contribution in [3.63, 3.8) is 0 Å². The summed E-state index contributed by atoms with van der Waals surface area (Å²) >= 11 is 0. The van der Waals surface area contributed by atoms with E-state index in [0.717, 1.165) is 0 Å². The van der Waals surface area contributed by atoms with Gasteiger partial charge in [-0.3, -0.25) is 5.32 Å². The van der Waals surface area contributed by atoms with Crippen molar-refractivity contribution in [1.82, 2.24) is 5.32 Å². The van der Waals surface area contributed by atoms with Crippen molar-refractivity contribution >= 4 is 0 Å². The quantitative estimate of drug-likeness (QED) is 0.740. The maximum atomic E-state index is 13.4. The van der Waals surface area contributed by atoms with Crippen molar-refractivity contribution in [2.75, 3.05) is 6.54 Å². The van der Waals surface area contributed by atoms with Gasteiger partial charge in [0.15, 0.2) is 0 Å². The largest absolute Gasteiger partial charge is 0.416 e. The van der Waals surface area contributed by atoms with Crippen molar-refractivity contribution in [3.05, 3.63) is 34.9 Å². The summed E-state index contributed by atoms with van der Waals surface area (Å²) in [6.07, 6.45) is -18.5. The van der Waals surface area contributed by atoms with Gasteiger partial charge in [-0.2, -0.15) is 39.5 Å². The molecule has 2 rings (SSSR count). The van der Waals surface area contributed by atoms with E-state index in [-0.39, 0.29) is 18.2 Å². The SMILES string of the molecule is OC1CC(c2cc(C(F)(F)F)cc(C(F)(F)F)c2)(C(F)(F)F)CN1. The van der Waals surface area contributed by atoms with Crippen LogP contribution in [0.3, 0.4) is 0 Å². The molecular formula is C13H10F9NO. The highest BCUT2D eigenvalue weighted by molar-refractivity contribution is 5.40. The van der Waals surface area contributed by atoms with Gasteiger partial charge in [-0.05, 0) is 23.8 Å². The summed E-state index contributed by atoms with van der Waals surface area (Å²) in [6, 6.07) is -0.155. The normalized spacial score (nSPS) is 26.0. The molecule has 0 aliphatic carbocycles. The Kier molecular flexibility index (Phi) is 4.33. The van der Waals surface area contributed by atoms with Crippen LogP contribution < -0.4 is 5.32 Å². The number of hydrogen-bond donors (Lipinski definition) is 2. The predicted octanol–water partition coefficient (Wildman–Crippen LogP) is 3.84. The van der Waals surface area contributed by atoms with Crippen LogP contribution in [-0.2, 0) is 17.8 Å². The summed E-state index contributed by atoms with van der Waals surface area (Å²) in [4.78, 5) is 0. The highest BCUT2D eigenvalue weighted by Crippen LogP contribution is 2.49. The maximum Gasteiger partial charge on any atom is 0.416 e. The van der Waals surface area contributed by atoms with E-state index in [1.165, 1.54) is 0 Å². The first-order valence-corrected chi connectivity index (χ1v) is 6.45. The molecule has 0 bridgehead atoms. The molecule has 0 amide bonds. The highest BCUT2D eigenvalue weighted by atomic mass is 19.4. The monoisotopic (exact) mass is 367 g/mol. The second-order valence-corrected chi connectivity index (χ2v) is 5.48. The first kappa shape index (κ1) is 18.8. The van der Waals surface area contributed by atoms with Crippen LogP contribution in [0.1, 0.15) is 23.1 Å². The molecule has 11 heteroatoms. The number of nitrogens with one attached hydrogen (secondary N) is 1. The first-order chi connectivity index (χ1) is 10.7. The summed E-state index contributed by atoms with van der Waals surface area (Å²) in [5.74, 6) is 0. The Morgan fingerprint density at radius 3 is 1.62 bits per heavy atom. The zero-order valence-electron chi connectivity index (χ0n) is 11.6. The molecule has 0 saturated carbocycles. The van der Waals surface area contributed by atoms with Crippen LogP contribution in [-0.4, -0.2) is 24.1 Å². The number of hydrogen-bond acceptors (Lipinski definition) is 2. The zero-order chi connectivity index (χ0) is 18.6. The summed E-state index contributed by atoms with van der Waals surface area (Å²) < 4.78 is 117. The first-order valence-electron chi connectivity index (χ1n) is 6.45. The molecule has 1 fully saturated rings. The molecular weight excluding hydrogens is 357 g/mol. The molecule has 0 radical (unpaired) electrons. The van der Waals surface area contributed by atoms with E-state index in [1.54, 1.807) is 0 Å². The van der Waals surface area contributed by atoms with Crippen molar-refractivity contribution in [2.24, 2.45) is 0 Å². The Labute approximate surface area is 129 Å². The Morgan fingerprint density at radius 2 is 1.33 bits per heavy atom. The molecule has 1 aliphatic heterocycles. The van der Waals surface area contributed by atoms with Crippen molar-refractivity contribution in [1.29, 1.82) is 0 Å². The molecule has 1 aromatic rings. The number of benzene rings is 1.